The van der Waals surface area contributed by atoms with E-state index in [0.717, 1.165) is 22.5 Å². The van der Waals surface area contributed by atoms with Gasteiger partial charge in [0.2, 0.25) is 11.8 Å². The van der Waals surface area contributed by atoms with Crippen LogP contribution in [0.25, 0.3) is 23.1 Å². The molecular formula is C21H19FN4O3. The number of aromatic nitrogens is 3. The van der Waals surface area contributed by atoms with Gasteiger partial charge in [0.05, 0.1) is 17.5 Å². The van der Waals surface area contributed by atoms with Gasteiger partial charge in [-0.1, -0.05) is 6.07 Å². The maximum absolute atomic E-state index is 13.9. The zero-order valence-electron chi connectivity index (χ0n) is 16.2. The highest BCUT2D eigenvalue weighted by atomic mass is 19.1. The summed E-state index contributed by atoms with van der Waals surface area (Å²) in [5.41, 5.74) is 3.38. The van der Waals surface area contributed by atoms with Crippen LogP contribution < -0.4 is 5.32 Å². The lowest BCUT2D eigenvalue weighted by atomic mass is 10.2. The van der Waals surface area contributed by atoms with E-state index >= 15 is 0 Å². The van der Waals surface area contributed by atoms with E-state index in [0.29, 0.717) is 11.7 Å². The van der Waals surface area contributed by atoms with Crippen LogP contribution in [0.1, 0.15) is 17.0 Å². The number of amides is 1. The van der Waals surface area contributed by atoms with Gasteiger partial charge in [-0.15, -0.1) is 10.2 Å². The van der Waals surface area contributed by atoms with Crippen LogP contribution in [0, 0.1) is 26.6 Å². The maximum Gasteiger partial charge on any atom is 0.283 e. The van der Waals surface area contributed by atoms with Crippen molar-refractivity contribution in [3.63, 3.8) is 0 Å². The molecule has 7 nitrogen and oxygen atoms in total. The SMILES string of the molecule is Cc1ccc(F)c(NC(=O)Cn2c(C)cc(-c3nnc(-c4ccco4)o3)c2C)c1. The van der Waals surface area contributed by atoms with Crippen LogP contribution in [0.3, 0.4) is 0 Å². The molecule has 8 heteroatoms. The molecule has 0 spiro atoms. The molecule has 0 saturated carbocycles. The Labute approximate surface area is 166 Å². The Morgan fingerprint density at radius 2 is 1.93 bits per heavy atom. The van der Waals surface area contributed by atoms with E-state index < -0.39 is 5.82 Å². The number of furan rings is 1. The van der Waals surface area contributed by atoms with Crippen molar-refractivity contribution in [3.05, 3.63) is 65.4 Å². The normalized spacial score (nSPS) is 11.0. The number of hydrogen-bond donors (Lipinski definition) is 1. The van der Waals surface area contributed by atoms with E-state index in [4.69, 9.17) is 8.83 Å². The van der Waals surface area contributed by atoms with Crippen molar-refractivity contribution < 1.29 is 18.0 Å². The van der Waals surface area contributed by atoms with Crippen LogP contribution in [0.4, 0.5) is 10.1 Å². The summed E-state index contributed by atoms with van der Waals surface area (Å²) in [6.07, 6.45) is 1.53. The van der Waals surface area contributed by atoms with Crippen LogP contribution in [-0.2, 0) is 11.3 Å². The lowest BCUT2D eigenvalue weighted by molar-refractivity contribution is -0.116. The highest BCUT2D eigenvalue weighted by Gasteiger charge is 2.19. The van der Waals surface area contributed by atoms with Gasteiger partial charge in [0.1, 0.15) is 12.4 Å². The number of benzene rings is 1. The lowest BCUT2D eigenvalue weighted by Crippen LogP contribution is -2.20. The van der Waals surface area contributed by atoms with Crippen molar-refractivity contribution >= 4 is 11.6 Å². The fourth-order valence-corrected chi connectivity index (χ4v) is 3.16. The van der Waals surface area contributed by atoms with E-state index in [1.165, 1.54) is 12.3 Å². The molecule has 0 aliphatic heterocycles. The molecule has 0 saturated heterocycles. The summed E-state index contributed by atoms with van der Waals surface area (Å²) in [5, 5.41) is 10.7. The van der Waals surface area contributed by atoms with Crippen LogP contribution in [-0.4, -0.2) is 20.7 Å². The number of nitrogens with one attached hydrogen (secondary N) is 1. The zero-order chi connectivity index (χ0) is 20.5. The molecule has 1 aromatic carbocycles. The lowest BCUT2D eigenvalue weighted by Gasteiger charge is -2.11. The van der Waals surface area contributed by atoms with E-state index in [9.17, 15) is 9.18 Å². The number of carbonyl (C=O) groups is 1. The highest BCUT2D eigenvalue weighted by molar-refractivity contribution is 5.91. The first-order valence-electron chi connectivity index (χ1n) is 9.03. The van der Waals surface area contributed by atoms with Crippen molar-refractivity contribution in [1.82, 2.24) is 14.8 Å². The Morgan fingerprint density at radius 3 is 2.69 bits per heavy atom. The summed E-state index contributed by atoms with van der Waals surface area (Å²) >= 11 is 0. The predicted octanol–water partition coefficient (Wildman–Crippen LogP) is 4.50. The number of hydrogen-bond acceptors (Lipinski definition) is 5. The van der Waals surface area contributed by atoms with Crippen LogP contribution in [0.15, 0.2) is 51.5 Å². The van der Waals surface area contributed by atoms with Crippen molar-refractivity contribution in [1.29, 1.82) is 0 Å². The summed E-state index contributed by atoms with van der Waals surface area (Å²) in [5.74, 6) is 0.298. The van der Waals surface area contributed by atoms with Gasteiger partial charge in [0.15, 0.2) is 5.76 Å². The second-order valence-electron chi connectivity index (χ2n) is 6.79. The number of aryl methyl sites for hydroxylation is 2. The fourth-order valence-electron chi connectivity index (χ4n) is 3.16. The summed E-state index contributed by atoms with van der Waals surface area (Å²) in [6, 6.07) is 9.92. The van der Waals surface area contributed by atoms with Crippen LogP contribution in [0.5, 0.6) is 0 Å². The number of carbonyl (C=O) groups excluding carboxylic acids is 1. The average molecular weight is 394 g/mol. The minimum absolute atomic E-state index is 0.0320. The number of nitrogens with zero attached hydrogens (tertiary/aromatic N) is 3. The summed E-state index contributed by atoms with van der Waals surface area (Å²) in [6.45, 7) is 5.60. The van der Waals surface area contributed by atoms with E-state index in [-0.39, 0.29) is 24.0 Å². The molecule has 0 aliphatic rings. The van der Waals surface area contributed by atoms with Gasteiger partial charge in [0.25, 0.3) is 5.89 Å². The summed E-state index contributed by atoms with van der Waals surface area (Å²) in [4.78, 5) is 12.5. The van der Waals surface area contributed by atoms with E-state index in [2.05, 4.69) is 15.5 Å². The fraction of sp³-hybridized carbons (Fsp3) is 0.190. The van der Waals surface area contributed by atoms with Crippen molar-refractivity contribution in [2.45, 2.75) is 27.3 Å². The quantitative estimate of drug-likeness (QED) is 0.539. The first-order chi connectivity index (χ1) is 13.9. The zero-order valence-corrected chi connectivity index (χ0v) is 16.2. The molecule has 0 radical (unpaired) electrons. The molecule has 4 aromatic rings. The Hall–Kier alpha value is -3.68. The molecule has 3 heterocycles. The van der Waals surface area contributed by atoms with Crippen molar-refractivity contribution in [2.75, 3.05) is 5.32 Å². The van der Waals surface area contributed by atoms with Gasteiger partial charge in [-0.25, -0.2) is 4.39 Å². The smallest absolute Gasteiger partial charge is 0.283 e. The molecule has 3 aromatic heterocycles. The van der Waals surface area contributed by atoms with Gasteiger partial charge in [0, 0.05) is 11.4 Å². The molecule has 1 amide bonds. The van der Waals surface area contributed by atoms with E-state index in [1.807, 2.05) is 31.4 Å². The molecule has 148 valence electrons. The third kappa shape index (κ3) is 3.69. The molecule has 29 heavy (non-hydrogen) atoms. The van der Waals surface area contributed by atoms with Crippen LogP contribution in [0.2, 0.25) is 0 Å². The van der Waals surface area contributed by atoms with Gasteiger partial charge < -0.3 is 18.7 Å². The second kappa shape index (κ2) is 7.38. The molecule has 0 aliphatic carbocycles. The molecular weight excluding hydrogens is 375 g/mol. The maximum atomic E-state index is 13.9. The highest BCUT2D eigenvalue weighted by Crippen LogP contribution is 2.29. The first-order valence-corrected chi connectivity index (χ1v) is 9.03. The topological polar surface area (TPSA) is 86.1 Å². The Balaban J connectivity index is 1.56. The Bertz CT molecular complexity index is 1170. The van der Waals surface area contributed by atoms with E-state index in [1.54, 1.807) is 24.3 Å². The molecule has 1 N–H and O–H groups in total. The second-order valence-corrected chi connectivity index (χ2v) is 6.79. The molecule has 0 atom stereocenters. The molecule has 4 rings (SSSR count). The van der Waals surface area contributed by atoms with Gasteiger partial charge in [-0.2, -0.15) is 0 Å². The molecule has 0 fully saturated rings. The largest absolute Gasteiger partial charge is 0.459 e. The minimum atomic E-state index is -0.470. The molecule has 0 unspecified atom stereocenters. The van der Waals surface area contributed by atoms with Gasteiger partial charge >= 0.3 is 0 Å². The first kappa shape index (κ1) is 18.7. The van der Waals surface area contributed by atoms with Crippen molar-refractivity contribution in [2.24, 2.45) is 0 Å². The Kier molecular flexibility index (Phi) is 4.75. The van der Waals surface area contributed by atoms with Gasteiger partial charge in [-0.3, -0.25) is 4.79 Å². The van der Waals surface area contributed by atoms with Gasteiger partial charge in [-0.05, 0) is 56.7 Å². The third-order valence-corrected chi connectivity index (χ3v) is 4.66. The monoisotopic (exact) mass is 394 g/mol. The number of anilines is 1. The van der Waals surface area contributed by atoms with Crippen LogP contribution >= 0.6 is 0 Å². The third-order valence-electron chi connectivity index (χ3n) is 4.66. The standard InChI is InChI=1S/C21H19FN4O3/c1-12-6-7-16(22)17(9-12)23-19(27)11-26-13(2)10-15(14(26)3)20-24-25-21(29-20)18-5-4-8-28-18/h4-10H,11H2,1-3H3,(H,23,27). The minimum Gasteiger partial charge on any atom is -0.459 e. The average Bonchev–Trinajstić information content (AvgIpc) is 3.41. The van der Waals surface area contributed by atoms with Crippen molar-refractivity contribution in [3.8, 4) is 23.1 Å². The Morgan fingerprint density at radius 1 is 1.14 bits per heavy atom. The predicted molar refractivity (Wildman–Crippen MR) is 105 cm³/mol. The molecule has 0 bridgehead atoms. The number of halogens is 1. The number of rotatable bonds is 5. The summed E-state index contributed by atoms with van der Waals surface area (Å²) in [7, 11) is 0. The summed E-state index contributed by atoms with van der Waals surface area (Å²) < 4.78 is 26.7.